The molecule has 4 heteroatoms. The lowest BCUT2D eigenvalue weighted by atomic mass is 10.0. The summed E-state index contributed by atoms with van der Waals surface area (Å²) >= 11 is 0. The van der Waals surface area contributed by atoms with Crippen LogP contribution in [0.4, 0.5) is 5.82 Å². The van der Waals surface area contributed by atoms with E-state index in [4.69, 9.17) is 0 Å². The molecule has 17 heavy (non-hydrogen) atoms. The number of nitrogens with one attached hydrogen (secondary N) is 3. The van der Waals surface area contributed by atoms with Crippen molar-refractivity contribution in [3.63, 3.8) is 0 Å². The molecule has 1 aromatic heterocycles. The Hall–Kier alpha value is -1.03. The number of rotatable bonds is 3. The van der Waals surface area contributed by atoms with Crippen LogP contribution in [0.25, 0.3) is 0 Å². The number of anilines is 1. The fraction of sp³-hybridized carbons (Fsp3) is 0.769. The van der Waals surface area contributed by atoms with Gasteiger partial charge < -0.3 is 10.6 Å². The number of aromatic nitrogens is 2. The second-order valence-corrected chi connectivity index (χ2v) is 5.28. The fourth-order valence-electron chi connectivity index (χ4n) is 3.12. The number of aromatic amines is 1. The number of fused-ring (bicyclic) bond motifs is 1. The van der Waals surface area contributed by atoms with Crippen molar-refractivity contribution in [2.75, 3.05) is 18.4 Å². The van der Waals surface area contributed by atoms with Gasteiger partial charge in [0.25, 0.3) is 0 Å². The van der Waals surface area contributed by atoms with Crippen LogP contribution < -0.4 is 10.6 Å². The van der Waals surface area contributed by atoms with Crippen molar-refractivity contribution >= 4 is 5.82 Å². The maximum atomic E-state index is 4.47. The number of hydrogen-bond donors (Lipinski definition) is 3. The molecule has 94 valence electrons. The van der Waals surface area contributed by atoms with Crippen LogP contribution in [0.1, 0.15) is 49.8 Å². The zero-order valence-electron chi connectivity index (χ0n) is 10.6. The molecule has 2 heterocycles. The van der Waals surface area contributed by atoms with Crippen LogP contribution in [-0.4, -0.2) is 29.3 Å². The summed E-state index contributed by atoms with van der Waals surface area (Å²) in [5.41, 5.74) is 2.85. The van der Waals surface area contributed by atoms with Crippen LogP contribution in [0.3, 0.4) is 0 Å². The van der Waals surface area contributed by atoms with E-state index in [1.807, 2.05) is 0 Å². The predicted octanol–water partition coefficient (Wildman–Crippen LogP) is 2.01. The van der Waals surface area contributed by atoms with Gasteiger partial charge in [-0.2, -0.15) is 5.10 Å². The Balaban J connectivity index is 1.72. The first-order valence-corrected chi connectivity index (χ1v) is 6.93. The van der Waals surface area contributed by atoms with Gasteiger partial charge in [0, 0.05) is 23.2 Å². The van der Waals surface area contributed by atoms with E-state index in [1.54, 1.807) is 0 Å². The minimum absolute atomic E-state index is 0.601. The van der Waals surface area contributed by atoms with Gasteiger partial charge in [0.15, 0.2) is 5.82 Å². The molecular formula is C13H22N4. The zero-order valence-corrected chi connectivity index (χ0v) is 10.6. The van der Waals surface area contributed by atoms with Crippen molar-refractivity contribution in [2.24, 2.45) is 0 Å². The molecular weight excluding hydrogens is 212 g/mol. The van der Waals surface area contributed by atoms with E-state index in [2.05, 4.69) is 27.8 Å². The molecule has 4 nitrogen and oxygen atoms in total. The first kappa shape index (κ1) is 11.1. The molecule has 0 bridgehead atoms. The fourth-order valence-corrected chi connectivity index (χ4v) is 3.12. The van der Waals surface area contributed by atoms with Crippen molar-refractivity contribution in [1.29, 1.82) is 0 Å². The lowest BCUT2D eigenvalue weighted by Gasteiger charge is -2.23. The Morgan fingerprint density at radius 2 is 2.12 bits per heavy atom. The van der Waals surface area contributed by atoms with Crippen LogP contribution in [0.2, 0.25) is 0 Å². The van der Waals surface area contributed by atoms with Crippen molar-refractivity contribution < 1.29 is 0 Å². The Bertz CT molecular complexity index is 379. The third-order valence-corrected chi connectivity index (χ3v) is 4.22. The van der Waals surface area contributed by atoms with Crippen LogP contribution in [-0.2, 0) is 6.42 Å². The van der Waals surface area contributed by atoms with Crippen LogP contribution in [0, 0.1) is 0 Å². The highest BCUT2D eigenvalue weighted by molar-refractivity contribution is 5.50. The summed E-state index contributed by atoms with van der Waals surface area (Å²) in [6.07, 6.45) is 6.12. The summed E-state index contributed by atoms with van der Waals surface area (Å²) in [5, 5.41) is 14.7. The molecule has 1 aliphatic heterocycles. The summed E-state index contributed by atoms with van der Waals surface area (Å²) in [4.78, 5) is 0. The summed E-state index contributed by atoms with van der Waals surface area (Å²) in [5.74, 6) is 1.84. The predicted molar refractivity (Wildman–Crippen MR) is 69.5 cm³/mol. The molecule has 0 amide bonds. The highest BCUT2D eigenvalue weighted by Crippen LogP contribution is 2.37. The van der Waals surface area contributed by atoms with Gasteiger partial charge in [-0.25, -0.2) is 0 Å². The second kappa shape index (κ2) is 4.69. The lowest BCUT2D eigenvalue weighted by Crippen LogP contribution is -2.35. The van der Waals surface area contributed by atoms with Gasteiger partial charge in [-0.05, 0) is 45.2 Å². The molecule has 1 atom stereocenters. The molecule has 1 fully saturated rings. The van der Waals surface area contributed by atoms with Gasteiger partial charge in [0.05, 0.1) is 0 Å². The number of H-pyrrole nitrogens is 1. The number of hydrogen-bond acceptors (Lipinski definition) is 3. The van der Waals surface area contributed by atoms with Crippen LogP contribution >= 0.6 is 0 Å². The lowest BCUT2D eigenvalue weighted by molar-refractivity contribution is 0.478. The standard InChI is InChI=1S/C13H22N4/c1-2-9-3-4-11-12(9)16-17-13(11)15-10-5-7-14-8-6-10/h9-10,14H,2-8H2,1H3,(H2,15,16,17). The van der Waals surface area contributed by atoms with Gasteiger partial charge in [0.1, 0.15) is 0 Å². The largest absolute Gasteiger partial charge is 0.366 e. The molecule has 3 rings (SSSR count). The van der Waals surface area contributed by atoms with E-state index in [-0.39, 0.29) is 0 Å². The van der Waals surface area contributed by atoms with Gasteiger partial charge in [0.2, 0.25) is 0 Å². The van der Waals surface area contributed by atoms with E-state index in [1.165, 1.54) is 43.4 Å². The molecule has 1 saturated heterocycles. The Morgan fingerprint density at radius 3 is 2.88 bits per heavy atom. The topological polar surface area (TPSA) is 52.7 Å². The molecule has 1 unspecified atom stereocenters. The van der Waals surface area contributed by atoms with Crippen molar-refractivity contribution in [3.8, 4) is 0 Å². The Labute approximate surface area is 103 Å². The van der Waals surface area contributed by atoms with E-state index in [9.17, 15) is 0 Å². The highest BCUT2D eigenvalue weighted by atomic mass is 15.2. The average Bonchev–Trinajstić information content (AvgIpc) is 2.93. The molecule has 2 aliphatic rings. The summed E-state index contributed by atoms with van der Waals surface area (Å²) in [6.45, 7) is 4.52. The third-order valence-electron chi connectivity index (χ3n) is 4.22. The summed E-state index contributed by atoms with van der Waals surface area (Å²) < 4.78 is 0. The zero-order chi connectivity index (χ0) is 11.7. The summed E-state index contributed by atoms with van der Waals surface area (Å²) in [6, 6.07) is 0.601. The molecule has 1 aromatic rings. The number of nitrogens with zero attached hydrogens (tertiary/aromatic N) is 1. The molecule has 3 N–H and O–H groups in total. The first-order chi connectivity index (χ1) is 8.38. The third kappa shape index (κ3) is 2.06. The maximum absolute atomic E-state index is 4.47. The van der Waals surface area contributed by atoms with Crippen molar-refractivity contribution in [1.82, 2.24) is 15.5 Å². The highest BCUT2D eigenvalue weighted by Gasteiger charge is 2.27. The number of piperidine rings is 1. The molecule has 1 aliphatic carbocycles. The quantitative estimate of drug-likeness (QED) is 0.750. The Kier molecular flexibility index (Phi) is 3.05. The second-order valence-electron chi connectivity index (χ2n) is 5.28. The van der Waals surface area contributed by atoms with E-state index in [0.29, 0.717) is 12.0 Å². The maximum Gasteiger partial charge on any atom is 0.151 e. The van der Waals surface area contributed by atoms with Gasteiger partial charge >= 0.3 is 0 Å². The Morgan fingerprint density at radius 1 is 1.29 bits per heavy atom. The molecule has 0 radical (unpaired) electrons. The van der Waals surface area contributed by atoms with Crippen LogP contribution in [0.5, 0.6) is 0 Å². The molecule has 0 spiro atoms. The minimum Gasteiger partial charge on any atom is -0.366 e. The van der Waals surface area contributed by atoms with Gasteiger partial charge in [-0.3, -0.25) is 5.10 Å². The molecule has 0 saturated carbocycles. The van der Waals surface area contributed by atoms with Crippen molar-refractivity contribution in [3.05, 3.63) is 11.3 Å². The SMILES string of the molecule is CCC1CCc2c(NC3CCNCC3)n[nH]c21. The van der Waals surface area contributed by atoms with Gasteiger partial charge in [-0.1, -0.05) is 6.92 Å². The summed E-state index contributed by atoms with van der Waals surface area (Å²) in [7, 11) is 0. The van der Waals surface area contributed by atoms with Crippen LogP contribution in [0.15, 0.2) is 0 Å². The van der Waals surface area contributed by atoms with E-state index >= 15 is 0 Å². The van der Waals surface area contributed by atoms with Gasteiger partial charge in [-0.15, -0.1) is 0 Å². The minimum atomic E-state index is 0.601. The van der Waals surface area contributed by atoms with Crippen molar-refractivity contribution in [2.45, 2.75) is 51.0 Å². The first-order valence-electron chi connectivity index (χ1n) is 6.93. The normalized spacial score (nSPS) is 24.9. The molecule has 0 aromatic carbocycles. The monoisotopic (exact) mass is 234 g/mol. The average molecular weight is 234 g/mol. The van der Waals surface area contributed by atoms with E-state index < -0.39 is 0 Å². The van der Waals surface area contributed by atoms with E-state index in [0.717, 1.165) is 18.9 Å². The smallest absolute Gasteiger partial charge is 0.151 e.